The Hall–Kier alpha value is -1.20. The van der Waals surface area contributed by atoms with Gasteiger partial charge in [-0.25, -0.2) is 0 Å². The molecular weight excluding hydrogens is 386 g/mol. The monoisotopic (exact) mass is 397 g/mol. The van der Waals surface area contributed by atoms with Gasteiger partial charge < -0.3 is 5.11 Å². The van der Waals surface area contributed by atoms with Gasteiger partial charge in [-0.2, -0.15) is 0 Å². The Bertz CT molecular complexity index is 569. The second-order valence-corrected chi connectivity index (χ2v) is 6.42. The van der Waals surface area contributed by atoms with Crippen molar-refractivity contribution in [2.24, 2.45) is 5.92 Å². The summed E-state index contributed by atoms with van der Waals surface area (Å²) in [4.78, 5) is 15.5. The Labute approximate surface area is 134 Å². The van der Waals surface area contributed by atoms with E-state index in [0.29, 0.717) is 12.8 Å². The number of carboxylic acids is 1. The minimum absolute atomic E-state index is 0.458. The number of pyridine rings is 1. The SMILES string of the molecule is O=C(O)C(Cc1cccc(Br)c1)Cc1cncc(Br)c1. The van der Waals surface area contributed by atoms with Crippen LogP contribution in [0.4, 0.5) is 0 Å². The third-order valence-electron chi connectivity index (χ3n) is 2.96. The zero-order valence-corrected chi connectivity index (χ0v) is 13.8. The molecule has 1 heterocycles. The maximum absolute atomic E-state index is 11.4. The minimum Gasteiger partial charge on any atom is -0.481 e. The molecule has 1 aromatic carbocycles. The summed E-state index contributed by atoms with van der Waals surface area (Å²) in [7, 11) is 0. The Kier molecular flexibility index (Phi) is 5.31. The maximum atomic E-state index is 11.4. The first kappa shape index (κ1) is 15.2. The van der Waals surface area contributed by atoms with Crippen LogP contribution in [0.15, 0.2) is 51.7 Å². The normalized spacial score (nSPS) is 12.1. The van der Waals surface area contributed by atoms with Crippen LogP contribution in [0.1, 0.15) is 11.1 Å². The highest BCUT2D eigenvalue weighted by molar-refractivity contribution is 9.10. The summed E-state index contributed by atoms with van der Waals surface area (Å²) in [6, 6.07) is 9.65. The van der Waals surface area contributed by atoms with Gasteiger partial charge in [0.2, 0.25) is 0 Å². The molecule has 3 nitrogen and oxygen atoms in total. The Morgan fingerprint density at radius 1 is 1.10 bits per heavy atom. The van der Waals surface area contributed by atoms with Crippen LogP contribution in [-0.4, -0.2) is 16.1 Å². The summed E-state index contributed by atoms with van der Waals surface area (Å²) in [6.07, 6.45) is 4.37. The highest BCUT2D eigenvalue weighted by atomic mass is 79.9. The molecule has 1 unspecified atom stereocenters. The molecule has 0 saturated carbocycles. The molecule has 104 valence electrons. The van der Waals surface area contributed by atoms with Gasteiger partial charge in [-0.3, -0.25) is 9.78 Å². The van der Waals surface area contributed by atoms with Gasteiger partial charge >= 0.3 is 5.97 Å². The predicted octanol–water partition coefficient (Wildman–Crippen LogP) is 4.09. The molecule has 0 aliphatic heterocycles. The first-order valence-electron chi connectivity index (χ1n) is 6.11. The number of carboxylic acid groups (broad SMARTS) is 1. The largest absolute Gasteiger partial charge is 0.481 e. The number of hydrogen-bond acceptors (Lipinski definition) is 2. The summed E-state index contributed by atoms with van der Waals surface area (Å²) < 4.78 is 1.82. The molecule has 1 N–H and O–H groups in total. The molecule has 0 saturated heterocycles. The lowest BCUT2D eigenvalue weighted by Gasteiger charge is -2.12. The fourth-order valence-electron chi connectivity index (χ4n) is 2.05. The van der Waals surface area contributed by atoms with E-state index in [0.717, 1.165) is 20.1 Å². The van der Waals surface area contributed by atoms with Crippen molar-refractivity contribution in [3.8, 4) is 0 Å². The molecule has 0 aliphatic rings. The van der Waals surface area contributed by atoms with Crippen molar-refractivity contribution in [1.82, 2.24) is 4.98 Å². The number of hydrogen-bond donors (Lipinski definition) is 1. The second-order valence-electron chi connectivity index (χ2n) is 4.58. The molecule has 0 bridgehead atoms. The van der Waals surface area contributed by atoms with E-state index in [9.17, 15) is 9.90 Å². The van der Waals surface area contributed by atoms with Crippen molar-refractivity contribution in [2.75, 3.05) is 0 Å². The summed E-state index contributed by atoms with van der Waals surface area (Å²) in [5.74, 6) is -1.25. The third kappa shape index (κ3) is 4.42. The number of aliphatic carboxylic acids is 1. The predicted molar refractivity (Wildman–Crippen MR) is 84.6 cm³/mol. The Balaban J connectivity index is 2.13. The van der Waals surface area contributed by atoms with Crippen LogP contribution in [0.3, 0.4) is 0 Å². The van der Waals surface area contributed by atoms with Gasteiger partial charge in [0.05, 0.1) is 5.92 Å². The molecule has 20 heavy (non-hydrogen) atoms. The molecular formula is C15H13Br2NO2. The maximum Gasteiger partial charge on any atom is 0.307 e. The van der Waals surface area contributed by atoms with Crippen LogP contribution in [-0.2, 0) is 17.6 Å². The number of halogens is 2. The molecule has 0 radical (unpaired) electrons. The summed E-state index contributed by atoms with van der Waals surface area (Å²) in [6.45, 7) is 0. The van der Waals surface area contributed by atoms with Gasteiger partial charge in [0.25, 0.3) is 0 Å². The highest BCUT2D eigenvalue weighted by Crippen LogP contribution is 2.19. The standard InChI is InChI=1S/C15H13Br2NO2/c16-13-3-1-2-10(6-13)4-12(15(19)20)5-11-7-14(17)9-18-8-11/h1-3,6-9,12H,4-5H2,(H,19,20). The van der Waals surface area contributed by atoms with E-state index in [1.54, 1.807) is 12.4 Å². The van der Waals surface area contributed by atoms with Crippen molar-refractivity contribution in [1.29, 1.82) is 0 Å². The first-order chi connectivity index (χ1) is 9.54. The first-order valence-corrected chi connectivity index (χ1v) is 7.70. The van der Waals surface area contributed by atoms with Crippen molar-refractivity contribution in [3.63, 3.8) is 0 Å². The van der Waals surface area contributed by atoms with Crippen LogP contribution in [0.2, 0.25) is 0 Å². The summed E-state index contributed by atoms with van der Waals surface area (Å²) in [5.41, 5.74) is 1.93. The second kappa shape index (κ2) is 6.99. The van der Waals surface area contributed by atoms with Crippen LogP contribution in [0.5, 0.6) is 0 Å². The van der Waals surface area contributed by atoms with E-state index < -0.39 is 11.9 Å². The Morgan fingerprint density at radius 3 is 2.45 bits per heavy atom. The van der Waals surface area contributed by atoms with Gasteiger partial charge in [-0.1, -0.05) is 28.1 Å². The van der Waals surface area contributed by atoms with Gasteiger partial charge in [0, 0.05) is 21.3 Å². The van der Waals surface area contributed by atoms with Crippen molar-refractivity contribution in [3.05, 3.63) is 62.8 Å². The lowest BCUT2D eigenvalue weighted by atomic mass is 9.93. The molecule has 0 aliphatic carbocycles. The summed E-state index contributed by atoms with van der Waals surface area (Å²) in [5, 5.41) is 9.39. The molecule has 0 amide bonds. The zero-order valence-electron chi connectivity index (χ0n) is 10.6. The van der Waals surface area contributed by atoms with Crippen LogP contribution in [0, 0.1) is 5.92 Å². The smallest absolute Gasteiger partial charge is 0.307 e. The quantitative estimate of drug-likeness (QED) is 0.824. The number of rotatable bonds is 5. The van der Waals surface area contributed by atoms with Gasteiger partial charge in [0.15, 0.2) is 0 Å². The van der Waals surface area contributed by atoms with Crippen molar-refractivity contribution < 1.29 is 9.90 Å². The fraction of sp³-hybridized carbons (Fsp3) is 0.200. The Morgan fingerprint density at radius 2 is 1.80 bits per heavy atom. The lowest BCUT2D eigenvalue weighted by Crippen LogP contribution is -2.19. The molecule has 2 rings (SSSR count). The molecule has 1 atom stereocenters. The third-order valence-corrected chi connectivity index (χ3v) is 3.89. The number of aromatic nitrogens is 1. The molecule has 2 aromatic rings. The topological polar surface area (TPSA) is 50.2 Å². The van der Waals surface area contributed by atoms with E-state index in [-0.39, 0.29) is 0 Å². The van der Waals surface area contributed by atoms with E-state index in [2.05, 4.69) is 36.8 Å². The minimum atomic E-state index is -0.787. The molecule has 0 spiro atoms. The highest BCUT2D eigenvalue weighted by Gasteiger charge is 2.19. The average molecular weight is 399 g/mol. The van der Waals surface area contributed by atoms with Crippen LogP contribution < -0.4 is 0 Å². The van der Waals surface area contributed by atoms with Gasteiger partial charge in [0.1, 0.15) is 0 Å². The van der Waals surface area contributed by atoms with Crippen molar-refractivity contribution >= 4 is 37.8 Å². The number of benzene rings is 1. The van der Waals surface area contributed by atoms with E-state index in [1.165, 1.54) is 0 Å². The molecule has 1 aromatic heterocycles. The number of carbonyl (C=O) groups is 1. The summed E-state index contributed by atoms with van der Waals surface area (Å²) >= 11 is 6.75. The van der Waals surface area contributed by atoms with Gasteiger partial charge in [-0.15, -0.1) is 0 Å². The van der Waals surface area contributed by atoms with Gasteiger partial charge in [-0.05, 0) is 58.1 Å². The van der Waals surface area contributed by atoms with E-state index >= 15 is 0 Å². The molecule has 0 fully saturated rings. The van der Waals surface area contributed by atoms with E-state index in [4.69, 9.17) is 0 Å². The van der Waals surface area contributed by atoms with Crippen LogP contribution in [0.25, 0.3) is 0 Å². The lowest BCUT2D eigenvalue weighted by molar-refractivity contribution is -0.141. The zero-order chi connectivity index (χ0) is 14.5. The average Bonchev–Trinajstić information content (AvgIpc) is 2.38. The fourth-order valence-corrected chi connectivity index (χ4v) is 2.91. The van der Waals surface area contributed by atoms with Crippen molar-refractivity contribution in [2.45, 2.75) is 12.8 Å². The van der Waals surface area contributed by atoms with E-state index in [1.807, 2.05) is 30.3 Å². The van der Waals surface area contributed by atoms with Crippen LogP contribution >= 0.6 is 31.9 Å². The molecule has 5 heteroatoms. The number of nitrogens with zero attached hydrogens (tertiary/aromatic N) is 1.